The van der Waals surface area contributed by atoms with E-state index in [9.17, 15) is 4.79 Å². The number of carbonyl (C=O) groups is 1. The van der Waals surface area contributed by atoms with Crippen LogP contribution in [0.15, 0.2) is 48.5 Å². The van der Waals surface area contributed by atoms with Crippen LogP contribution in [0.5, 0.6) is 5.75 Å². The molecule has 6 heteroatoms. The van der Waals surface area contributed by atoms with Crippen molar-refractivity contribution < 1.29 is 9.53 Å². The van der Waals surface area contributed by atoms with E-state index in [1.54, 1.807) is 0 Å². The van der Waals surface area contributed by atoms with Gasteiger partial charge >= 0.3 is 0 Å². The summed E-state index contributed by atoms with van der Waals surface area (Å²) >= 11 is 1.33. The Morgan fingerprint density at radius 2 is 1.88 bits per heavy atom. The maximum atomic E-state index is 12.0. The molecule has 0 saturated heterocycles. The summed E-state index contributed by atoms with van der Waals surface area (Å²) in [6, 6.07) is 15.6. The Bertz CT molecular complexity index is 843. The molecule has 1 amide bonds. The van der Waals surface area contributed by atoms with Gasteiger partial charge in [0.25, 0.3) is 5.91 Å². The number of benzene rings is 2. The number of carbonyl (C=O) groups excluding carboxylic acids is 1. The van der Waals surface area contributed by atoms with Crippen molar-refractivity contribution >= 4 is 22.4 Å². The van der Waals surface area contributed by atoms with Gasteiger partial charge in [0.2, 0.25) is 5.13 Å². The molecule has 0 bridgehead atoms. The first-order chi connectivity index (χ1) is 11.6. The van der Waals surface area contributed by atoms with Crippen molar-refractivity contribution in [2.24, 2.45) is 0 Å². The summed E-state index contributed by atoms with van der Waals surface area (Å²) in [4.78, 5) is 12.0. The van der Waals surface area contributed by atoms with Gasteiger partial charge in [-0.15, -0.1) is 10.2 Å². The van der Waals surface area contributed by atoms with E-state index in [4.69, 9.17) is 4.74 Å². The van der Waals surface area contributed by atoms with Crippen molar-refractivity contribution in [2.45, 2.75) is 13.8 Å². The van der Waals surface area contributed by atoms with Crippen molar-refractivity contribution in [3.8, 4) is 16.3 Å². The summed E-state index contributed by atoms with van der Waals surface area (Å²) in [6.07, 6.45) is 0. The molecular weight excluding hydrogens is 322 g/mol. The predicted octanol–water partition coefficient (Wildman–Crippen LogP) is 3.84. The monoisotopic (exact) mass is 339 g/mol. The van der Waals surface area contributed by atoms with Gasteiger partial charge < -0.3 is 4.74 Å². The molecule has 0 aliphatic heterocycles. The van der Waals surface area contributed by atoms with Crippen LogP contribution in [0.2, 0.25) is 0 Å². The molecule has 24 heavy (non-hydrogen) atoms. The third kappa shape index (κ3) is 4.17. The lowest BCUT2D eigenvalue weighted by atomic mass is 10.2. The van der Waals surface area contributed by atoms with E-state index in [1.807, 2.05) is 62.4 Å². The van der Waals surface area contributed by atoms with Crippen molar-refractivity contribution in [1.82, 2.24) is 10.2 Å². The smallest absolute Gasteiger partial charge is 0.264 e. The molecule has 122 valence electrons. The summed E-state index contributed by atoms with van der Waals surface area (Å²) < 4.78 is 5.47. The minimum atomic E-state index is -0.261. The van der Waals surface area contributed by atoms with E-state index >= 15 is 0 Å². The molecule has 3 rings (SSSR count). The van der Waals surface area contributed by atoms with E-state index in [0.717, 1.165) is 16.1 Å². The molecule has 0 fully saturated rings. The Morgan fingerprint density at radius 3 is 2.62 bits per heavy atom. The number of nitrogens with one attached hydrogen (secondary N) is 1. The van der Waals surface area contributed by atoms with E-state index in [2.05, 4.69) is 15.5 Å². The summed E-state index contributed by atoms with van der Waals surface area (Å²) in [5, 5.41) is 12.1. The number of anilines is 1. The highest BCUT2D eigenvalue weighted by Crippen LogP contribution is 2.26. The first kappa shape index (κ1) is 16.1. The molecule has 0 radical (unpaired) electrons. The molecule has 0 saturated carbocycles. The Balaban J connectivity index is 1.58. The molecule has 0 spiro atoms. The summed E-state index contributed by atoms with van der Waals surface area (Å²) in [5.74, 6) is 0.408. The second-order valence-electron chi connectivity index (χ2n) is 5.43. The molecule has 3 aromatic rings. The minimum absolute atomic E-state index is 0.0666. The highest BCUT2D eigenvalue weighted by atomic mass is 32.1. The fourth-order valence-electron chi connectivity index (χ4n) is 2.10. The third-order valence-corrected chi connectivity index (χ3v) is 4.22. The standard InChI is InChI=1S/C18H17N3O2S/c1-12-6-8-14(9-7-12)17-20-21-18(24-17)19-16(22)11-23-15-5-3-4-13(2)10-15/h3-10H,11H2,1-2H3,(H,19,21,22). The molecule has 1 aromatic heterocycles. The van der Waals surface area contributed by atoms with E-state index in [0.29, 0.717) is 10.9 Å². The second-order valence-corrected chi connectivity index (χ2v) is 6.41. The molecule has 1 N–H and O–H groups in total. The van der Waals surface area contributed by atoms with Crippen LogP contribution in [0.1, 0.15) is 11.1 Å². The van der Waals surface area contributed by atoms with Crippen molar-refractivity contribution in [3.05, 3.63) is 59.7 Å². The van der Waals surface area contributed by atoms with Gasteiger partial charge in [-0.05, 0) is 31.5 Å². The number of aromatic nitrogens is 2. The zero-order valence-corrected chi connectivity index (χ0v) is 14.3. The number of aryl methyl sites for hydroxylation is 2. The molecule has 0 atom stereocenters. The van der Waals surface area contributed by atoms with Crippen molar-refractivity contribution in [1.29, 1.82) is 0 Å². The first-order valence-electron chi connectivity index (χ1n) is 7.50. The lowest BCUT2D eigenvalue weighted by molar-refractivity contribution is -0.118. The number of rotatable bonds is 5. The molecule has 0 unspecified atom stereocenters. The lowest BCUT2D eigenvalue weighted by Crippen LogP contribution is -2.20. The molecule has 5 nitrogen and oxygen atoms in total. The van der Waals surface area contributed by atoms with Gasteiger partial charge in [0, 0.05) is 5.56 Å². The average molecular weight is 339 g/mol. The predicted molar refractivity (Wildman–Crippen MR) is 95.4 cm³/mol. The number of amides is 1. The van der Waals surface area contributed by atoms with Gasteiger partial charge in [-0.2, -0.15) is 0 Å². The Hall–Kier alpha value is -2.73. The van der Waals surface area contributed by atoms with Gasteiger partial charge in [0.1, 0.15) is 10.8 Å². The van der Waals surface area contributed by atoms with Crippen LogP contribution in [-0.2, 0) is 4.79 Å². The average Bonchev–Trinajstić information content (AvgIpc) is 3.02. The van der Waals surface area contributed by atoms with Gasteiger partial charge in [0.05, 0.1) is 0 Å². The van der Waals surface area contributed by atoms with E-state index in [-0.39, 0.29) is 12.5 Å². The van der Waals surface area contributed by atoms with Gasteiger partial charge in [0.15, 0.2) is 6.61 Å². The number of ether oxygens (including phenoxy) is 1. The maximum Gasteiger partial charge on any atom is 0.264 e. The van der Waals surface area contributed by atoms with Crippen molar-refractivity contribution in [2.75, 3.05) is 11.9 Å². The molecular formula is C18H17N3O2S. The van der Waals surface area contributed by atoms with Gasteiger partial charge in [-0.3, -0.25) is 10.1 Å². The fourth-order valence-corrected chi connectivity index (χ4v) is 2.86. The molecule has 2 aromatic carbocycles. The van der Waals surface area contributed by atoms with Crippen LogP contribution < -0.4 is 10.1 Å². The number of hydrogen-bond donors (Lipinski definition) is 1. The lowest BCUT2D eigenvalue weighted by Gasteiger charge is -2.06. The summed E-state index contributed by atoms with van der Waals surface area (Å²) in [6.45, 7) is 3.94. The quantitative estimate of drug-likeness (QED) is 0.767. The number of hydrogen-bond acceptors (Lipinski definition) is 5. The Morgan fingerprint density at radius 1 is 1.08 bits per heavy atom. The maximum absolute atomic E-state index is 12.0. The topological polar surface area (TPSA) is 64.1 Å². The van der Waals surface area contributed by atoms with Crippen LogP contribution in [0.3, 0.4) is 0 Å². The van der Waals surface area contributed by atoms with Crippen LogP contribution >= 0.6 is 11.3 Å². The Labute approximate surface area is 144 Å². The second kappa shape index (κ2) is 7.23. The molecule has 0 aliphatic carbocycles. The SMILES string of the molecule is Cc1ccc(-c2nnc(NC(=O)COc3cccc(C)c3)s2)cc1. The third-order valence-electron chi connectivity index (χ3n) is 3.33. The van der Waals surface area contributed by atoms with Crippen LogP contribution in [0.25, 0.3) is 10.6 Å². The highest BCUT2D eigenvalue weighted by molar-refractivity contribution is 7.18. The van der Waals surface area contributed by atoms with E-state index < -0.39 is 0 Å². The van der Waals surface area contributed by atoms with Gasteiger partial charge in [-0.25, -0.2) is 0 Å². The molecule has 0 aliphatic rings. The Kier molecular flexibility index (Phi) is 4.86. The van der Waals surface area contributed by atoms with Gasteiger partial charge in [-0.1, -0.05) is 53.3 Å². The van der Waals surface area contributed by atoms with Crippen LogP contribution in [-0.4, -0.2) is 22.7 Å². The fraction of sp³-hybridized carbons (Fsp3) is 0.167. The zero-order valence-electron chi connectivity index (χ0n) is 13.4. The first-order valence-corrected chi connectivity index (χ1v) is 8.32. The van der Waals surface area contributed by atoms with Crippen LogP contribution in [0, 0.1) is 13.8 Å². The van der Waals surface area contributed by atoms with Crippen molar-refractivity contribution in [3.63, 3.8) is 0 Å². The van der Waals surface area contributed by atoms with Crippen LogP contribution in [0.4, 0.5) is 5.13 Å². The minimum Gasteiger partial charge on any atom is -0.484 e. The summed E-state index contributed by atoms with van der Waals surface area (Å²) in [7, 11) is 0. The normalized spacial score (nSPS) is 10.4. The number of nitrogens with zero attached hydrogens (tertiary/aromatic N) is 2. The summed E-state index contributed by atoms with van der Waals surface area (Å²) in [5.41, 5.74) is 3.25. The molecule has 1 heterocycles. The zero-order chi connectivity index (χ0) is 16.9. The van der Waals surface area contributed by atoms with E-state index in [1.165, 1.54) is 16.9 Å². The largest absolute Gasteiger partial charge is 0.484 e. The highest BCUT2D eigenvalue weighted by Gasteiger charge is 2.10.